The lowest BCUT2D eigenvalue weighted by Gasteiger charge is -2.02. The van der Waals surface area contributed by atoms with Crippen LogP contribution in [0.2, 0.25) is 0 Å². The highest BCUT2D eigenvalue weighted by molar-refractivity contribution is 7.90. The first kappa shape index (κ1) is 11.3. The zero-order valence-electron chi connectivity index (χ0n) is 8.91. The Morgan fingerprint density at radius 1 is 1.44 bits per heavy atom. The summed E-state index contributed by atoms with van der Waals surface area (Å²) in [5.41, 5.74) is 0.389. The minimum Gasteiger partial charge on any atom is -0.319 e. The molecule has 1 aliphatic heterocycles. The third kappa shape index (κ3) is 2.14. The molecule has 2 N–H and O–H groups in total. The fourth-order valence-corrected chi connectivity index (χ4v) is 3.20. The van der Waals surface area contributed by atoms with E-state index < -0.39 is 9.84 Å². The molecule has 2 rings (SSSR count). The van der Waals surface area contributed by atoms with Crippen LogP contribution in [0.3, 0.4) is 0 Å². The second-order valence-electron chi connectivity index (χ2n) is 3.82. The Kier molecular flexibility index (Phi) is 2.81. The Bertz CT molecular complexity index is 562. The Morgan fingerprint density at radius 3 is 2.88 bits per heavy atom. The van der Waals surface area contributed by atoms with E-state index in [-0.39, 0.29) is 17.1 Å². The highest BCUT2D eigenvalue weighted by Gasteiger charge is 2.28. The summed E-state index contributed by atoms with van der Waals surface area (Å²) in [7, 11) is -1.36. The molecule has 0 unspecified atom stereocenters. The van der Waals surface area contributed by atoms with Crippen molar-refractivity contribution in [3.8, 4) is 0 Å². The number of aromatic amines is 1. The van der Waals surface area contributed by atoms with E-state index >= 15 is 0 Å². The van der Waals surface area contributed by atoms with E-state index in [0.29, 0.717) is 30.0 Å². The third-order valence-corrected chi connectivity index (χ3v) is 3.92. The number of nitrogens with zero attached hydrogens (tertiary/aromatic N) is 1. The summed E-state index contributed by atoms with van der Waals surface area (Å²) in [5.74, 6) is 0.241. The SMILES string of the molecule is CNCCc1nc2c(c(=O)[nH]1)CS(=O)(=O)C2. The Labute approximate surface area is 93.0 Å². The molecule has 16 heavy (non-hydrogen) atoms. The number of sulfone groups is 1. The summed E-state index contributed by atoms with van der Waals surface area (Å²) in [6.07, 6.45) is 0.582. The lowest BCUT2D eigenvalue weighted by atomic mass is 10.2. The molecule has 88 valence electrons. The topological polar surface area (TPSA) is 91.9 Å². The number of hydrogen-bond acceptors (Lipinski definition) is 5. The van der Waals surface area contributed by atoms with Gasteiger partial charge in [-0.15, -0.1) is 0 Å². The van der Waals surface area contributed by atoms with Crippen LogP contribution in [0.25, 0.3) is 0 Å². The summed E-state index contributed by atoms with van der Waals surface area (Å²) in [5, 5.41) is 2.94. The van der Waals surface area contributed by atoms with Crippen LogP contribution in [-0.4, -0.2) is 32.0 Å². The van der Waals surface area contributed by atoms with E-state index in [1.807, 2.05) is 0 Å². The zero-order chi connectivity index (χ0) is 11.8. The lowest BCUT2D eigenvalue weighted by molar-refractivity contribution is 0.597. The van der Waals surface area contributed by atoms with E-state index in [9.17, 15) is 13.2 Å². The quantitative estimate of drug-likeness (QED) is 0.707. The van der Waals surface area contributed by atoms with Gasteiger partial charge in [0.25, 0.3) is 5.56 Å². The molecule has 0 radical (unpaired) electrons. The standard InChI is InChI=1S/C9H13N3O3S/c1-10-3-2-8-11-7-5-16(14,15)4-6(7)9(13)12-8/h10H,2-5H2,1H3,(H,11,12,13). The molecule has 1 aliphatic rings. The summed E-state index contributed by atoms with van der Waals surface area (Å²) in [4.78, 5) is 18.4. The third-order valence-electron chi connectivity index (χ3n) is 2.48. The molecule has 1 aromatic rings. The average Bonchev–Trinajstić information content (AvgIpc) is 2.50. The van der Waals surface area contributed by atoms with Crippen LogP contribution in [0.1, 0.15) is 17.1 Å². The molecule has 0 aromatic carbocycles. The van der Waals surface area contributed by atoms with E-state index in [2.05, 4.69) is 15.3 Å². The predicted octanol–water partition coefficient (Wildman–Crippen LogP) is -1.04. The van der Waals surface area contributed by atoms with Gasteiger partial charge in [0, 0.05) is 13.0 Å². The molecular formula is C9H13N3O3S. The first-order valence-corrected chi connectivity index (χ1v) is 6.80. The fourth-order valence-electron chi connectivity index (χ4n) is 1.71. The fraction of sp³-hybridized carbons (Fsp3) is 0.556. The van der Waals surface area contributed by atoms with Gasteiger partial charge >= 0.3 is 0 Å². The minimum atomic E-state index is -3.16. The van der Waals surface area contributed by atoms with Gasteiger partial charge < -0.3 is 10.3 Å². The van der Waals surface area contributed by atoms with E-state index in [1.165, 1.54) is 0 Å². The molecule has 0 atom stereocenters. The largest absolute Gasteiger partial charge is 0.319 e. The van der Waals surface area contributed by atoms with Crippen molar-refractivity contribution in [1.29, 1.82) is 0 Å². The van der Waals surface area contributed by atoms with Crippen molar-refractivity contribution in [3.63, 3.8) is 0 Å². The molecular weight excluding hydrogens is 230 g/mol. The molecule has 0 saturated heterocycles. The van der Waals surface area contributed by atoms with Crippen LogP contribution in [-0.2, 0) is 27.8 Å². The molecule has 7 heteroatoms. The van der Waals surface area contributed by atoms with Gasteiger partial charge in [-0.1, -0.05) is 0 Å². The Morgan fingerprint density at radius 2 is 2.19 bits per heavy atom. The summed E-state index contributed by atoms with van der Waals surface area (Å²) < 4.78 is 22.7. The van der Waals surface area contributed by atoms with E-state index in [4.69, 9.17) is 0 Å². The molecule has 0 spiro atoms. The zero-order valence-corrected chi connectivity index (χ0v) is 9.73. The molecule has 0 amide bonds. The van der Waals surface area contributed by atoms with Gasteiger partial charge in [0.1, 0.15) is 5.82 Å². The van der Waals surface area contributed by atoms with Gasteiger partial charge in [-0.25, -0.2) is 13.4 Å². The monoisotopic (exact) mass is 243 g/mol. The van der Waals surface area contributed by atoms with Crippen molar-refractivity contribution in [1.82, 2.24) is 15.3 Å². The lowest BCUT2D eigenvalue weighted by Crippen LogP contribution is -2.20. The van der Waals surface area contributed by atoms with Gasteiger partial charge in [-0.2, -0.15) is 0 Å². The second kappa shape index (κ2) is 3.99. The second-order valence-corrected chi connectivity index (χ2v) is 5.89. The number of fused-ring (bicyclic) bond motifs is 1. The van der Waals surface area contributed by atoms with Crippen molar-refractivity contribution in [2.45, 2.75) is 17.9 Å². The molecule has 0 fully saturated rings. The maximum atomic E-state index is 11.6. The number of aromatic nitrogens is 2. The maximum absolute atomic E-state index is 11.6. The van der Waals surface area contributed by atoms with Crippen LogP contribution in [0.15, 0.2) is 4.79 Å². The number of rotatable bonds is 3. The summed E-state index contributed by atoms with van der Waals surface area (Å²) in [6, 6.07) is 0. The molecule has 6 nitrogen and oxygen atoms in total. The normalized spacial score (nSPS) is 17.3. The van der Waals surface area contributed by atoms with Gasteiger partial charge in [-0.3, -0.25) is 4.79 Å². The highest BCUT2D eigenvalue weighted by Crippen LogP contribution is 2.19. The molecule has 1 aromatic heterocycles. The van der Waals surface area contributed by atoms with Crippen LogP contribution >= 0.6 is 0 Å². The van der Waals surface area contributed by atoms with Crippen molar-refractivity contribution < 1.29 is 8.42 Å². The van der Waals surface area contributed by atoms with Gasteiger partial charge in [0.05, 0.1) is 22.8 Å². The Hall–Kier alpha value is -1.21. The van der Waals surface area contributed by atoms with Gasteiger partial charge in [0.2, 0.25) is 0 Å². The number of H-pyrrole nitrogens is 1. The predicted molar refractivity (Wildman–Crippen MR) is 58.8 cm³/mol. The van der Waals surface area contributed by atoms with Crippen molar-refractivity contribution >= 4 is 9.84 Å². The Balaban J connectivity index is 2.38. The van der Waals surface area contributed by atoms with Gasteiger partial charge in [0.15, 0.2) is 9.84 Å². The van der Waals surface area contributed by atoms with Gasteiger partial charge in [-0.05, 0) is 7.05 Å². The van der Waals surface area contributed by atoms with Crippen LogP contribution in [0.4, 0.5) is 0 Å². The molecule has 0 aliphatic carbocycles. The van der Waals surface area contributed by atoms with Crippen LogP contribution in [0, 0.1) is 0 Å². The molecule has 0 bridgehead atoms. The summed E-state index contributed by atoms with van der Waals surface area (Å²) in [6.45, 7) is 0.689. The first-order valence-electron chi connectivity index (χ1n) is 4.98. The molecule has 2 heterocycles. The highest BCUT2D eigenvalue weighted by atomic mass is 32.2. The molecule has 0 saturated carbocycles. The van der Waals surface area contributed by atoms with Crippen molar-refractivity contribution in [3.05, 3.63) is 27.4 Å². The minimum absolute atomic E-state index is 0.112. The number of hydrogen-bond donors (Lipinski definition) is 2. The summed E-state index contributed by atoms with van der Waals surface area (Å²) >= 11 is 0. The van der Waals surface area contributed by atoms with Crippen molar-refractivity contribution in [2.75, 3.05) is 13.6 Å². The van der Waals surface area contributed by atoms with E-state index in [1.54, 1.807) is 7.05 Å². The van der Waals surface area contributed by atoms with Crippen molar-refractivity contribution in [2.24, 2.45) is 0 Å². The number of nitrogens with one attached hydrogen (secondary N) is 2. The first-order chi connectivity index (χ1) is 7.52. The van der Waals surface area contributed by atoms with Crippen LogP contribution in [0.5, 0.6) is 0 Å². The smallest absolute Gasteiger partial charge is 0.255 e. The number of likely N-dealkylation sites (N-methyl/N-ethyl adjacent to an activating group) is 1. The maximum Gasteiger partial charge on any atom is 0.255 e. The van der Waals surface area contributed by atoms with E-state index in [0.717, 1.165) is 0 Å². The van der Waals surface area contributed by atoms with Crippen LogP contribution < -0.4 is 10.9 Å². The average molecular weight is 243 g/mol.